The highest BCUT2D eigenvalue weighted by Crippen LogP contribution is 2.27. The molecule has 0 radical (unpaired) electrons. The topological polar surface area (TPSA) is 59.7 Å². The fourth-order valence-electron chi connectivity index (χ4n) is 3.96. The smallest absolute Gasteiger partial charge is 0.222 e. The Morgan fingerprint density at radius 3 is 2.93 bits per heavy atom. The number of likely N-dealkylation sites (tertiary alicyclic amines) is 1. The predicted octanol–water partition coefficient (Wildman–Crippen LogP) is 3.47. The zero-order valence-electron chi connectivity index (χ0n) is 16.3. The lowest BCUT2D eigenvalue weighted by Gasteiger charge is -2.32. The number of piperidine rings is 1. The Morgan fingerprint density at radius 2 is 2.04 bits per heavy atom. The quantitative estimate of drug-likeness (QED) is 0.659. The first kappa shape index (κ1) is 18.5. The SMILES string of the molecule is CCOc1ccccc1CCC(=O)N1CCCC(c2nnc3ccccn23)C1. The molecule has 1 saturated heterocycles. The average Bonchev–Trinajstić information content (AvgIpc) is 3.17. The van der Waals surface area contributed by atoms with E-state index in [1.165, 1.54) is 0 Å². The second-order valence-corrected chi connectivity index (χ2v) is 7.21. The summed E-state index contributed by atoms with van der Waals surface area (Å²) in [5, 5.41) is 8.66. The second kappa shape index (κ2) is 8.42. The molecule has 1 aliphatic heterocycles. The van der Waals surface area contributed by atoms with Gasteiger partial charge in [-0.1, -0.05) is 24.3 Å². The number of pyridine rings is 1. The highest BCUT2D eigenvalue weighted by Gasteiger charge is 2.27. The number of nitrogens with zero attached hydrogens (tertiary/aromatic N) is 4. The molecule has 1 amide bonds. The molecule has 28 heavy (non-hydrogen) atoms. The number of ether oxygens (including phenoxy) is 1. The van der Waals surface area contributed by atoms with E-state index in [1.807, 2.05) is 64.9 Å². The number of amides is 1. The van der Waals surface area contributed by atoms with Gasteiger partial charge in [-0.05, 0) is 49.9 Å². The second-order valence-electron chi connectivity index (χ2n) is 7.21. The van der Waals surface area contributed by atoms with Gasteiger partial charge in [0.05, 0.1) is 6.61 Å². The molecule has 0 bridgehead atoms. The van der Waals surface area contributed by atoms with Gasteiger partial charge in [0.1, 0.15) is 11.6 Å². The number of benzene rings is 1. The number of para-hydroxylation sites is 1. The minimum absolute atomic E-state index is 0.199. The first-order chi connectivity index (χ1) is 13.8. The molecular weight excluding hydrogens is 352 g/mol. The van der Waals surface area contributed by atoms with Crippen molar-refractivity contribution in [2.45, 2.75) is 38.5 Å². The average molecular weight is 378 g/mol. The number of carbonyl (C=O) groups excluding carboxylic acids is 1. The van der Waals surface area contributed by atoms with Gasteiger partial charge in [0.15, 0.2) is 5.65 Å². The monoisotopic (exact) mass is 378 g/mol. The number of aryl methyl sites for hydroxylation is 1. The zero-order valence-corrected chi connectivity index (χ0v) is 16.3. The van der Waals surface area contributed by atoms with E-state index in [1.54, 1.807) is 0 Å². The molecular formula is C22H26N4O2. The number of hydrogen-bond acceptors (Lipinski definition) is 4. The molecule has 0 N–H and O–H groups in total. The molecule has 6 nitrogen and oxygen atoms in total. The van der Waals surface area contributed by atoms with Gasteiger partial charge in [-0.25, -0.2) is 0 Å². The number of aromatic nitrogens is 3. The first-order valence-electron chi connectivity index (χ1n) is 10.0. The summed E-state index contributed by atoms with van der Waals surface area (Å²) in [6.07, 6.45) is 5.22. The summed E-state index contributed by atoms with van der Waals surface area (Å²) in [7, 11) is 0. The fourth-order valence-corrected chi connectivity index (χ4v) is 3.96. The molecule has 1 aliphatic rings. The van der Waals surface area contributed by atoms with Gasteiger partial charge < -0.3 is 9.64 Å². The van der Waals surface area contributed by atoms with Gasteiger partial charge in [0, 0.05) is 31.6 Å². The van der Waals surface area contributed by atoms with E-state index < -0.39 is 0 Å². The minimum atomic E-state index is 0.199. The number of hydrogen-bond donors (Lipinski definition) is 0. The molecule has 1 atom stereocenters. The van der Waals surface area contributed by atoms with Crippen molar-refractivity contribution >= 4 is 11.6 Å². The van der Waals surface area contributed by atoms with E-state index in [2.05, 4.69) is 10.2 Å². The van der Waals surface area contributed by atoms with Crippen molar-refractivity contribution in [2.75, 3.05) is 19.7 Å². The standard InChI is InChI=1S/C22H26N4O2/c1-2-28-19-10-4-3-8-17(19)12-13-21(27)25-14-7-9-18(16-25)22-24-23-20-11-5-6-15-26(20)22/h3-6,8,10-11,15,18H,2,7,9,12-14,16H2,1H3. The van der Waals surface area contributed by atoms with Crippen LogP contribution < -0.4 is 4.74 Å². The van der Waals surface area contributed by atoms with E-state index in [0.29, 0.717) is 26.0 Å². The van der Waals surface area contributed by atoms with Crippen LogP contribution in [0.1, 0.15) is 43.5 Å². The Balaban J connectivity index is 1.41. The Labute approximate surface area is 165 Å². The molecule has 1 aromatic carbocycles. The van der Waals surface area contributed by atoms with Crippen LogP contribution in [-0.2, 0) is 11.2 Å². The maximum absolute atomic E-state index is 12.9. The van der Waals surface area contributed by atoms with Crippen molar-refractivity contribution < 1.29 is 9.53 Å². The molecule has 0 spiro atoms. The molecule has 3 heterocycles. The summed E-state index contributed by atoms with van der Waals surface area (Å²) in [5.41, 5.74) is 1.95. The highest BCUT2D eigenvalue weighted by atomic mass is 16.5. The predicted molar refractivity (Wildman–Crippen MR) is 107 cm³/mol. The Morgan fingerprint density at radius 1 is 1.18 bits per heavy atom. The van der Waals surface area contributed by atoms with Crippen LogP contribution in [0.15, 0.2) is 48.7 Å². The van der Waals surface area contributed by atoms with E-state index in [-0.39, 0.29) is 11.8 Å². The van der Waals surface area contributed by atoms with Crippen molar-refractivity contribution in [3.63, 3.8) is 0 Å². The lowest BCUT2D eigenvalue weighted by molar-refractivity contribution is -0.132. The van der Waals surface area contributed by atoms with Gasteiger partial charge in [-0.3, -0.25) is 9.20 Å². The Hall–Kier alpha value is -2.89. The number of rotatable bonds is 6. The van der Waals surface area contributed by atoms with Gasteiger partial charge in [-0.2, -0.15) is 0 Å². The molecule has 0 saturated carbocycles. The van der Waals surface area contributed by atoms with Crippen LogP contribution in [0.4, 0.5) is 0 Å². The molecule has 0 aliphatic carbocycles. The van der Waals surface area contributed by atoms with Crippen LogP contribution >= 0.6 is 0 Å². The summed E-state index contributed by atoms with van der Waals surface area (Å²) in [6.45, 7) is 4.13. The van der Waals surface area contributed by atoms with Gasteiger partial charge in [0.25, 0.3) is 0 Å². The summed E-state index contributed by atoms with van der Waals surface area (Å²) in [4.78, 5) is 14.8. The lowest BCUT2D eigenvalue weighted by Crippen LogP contribution is -2.39. The summed E-state index contributed by atoms with van der Waals surface area (Å²) in [6, 6.07) is 13.9. The van der Waals surface area contributed by atoms with Crippen molar-refractivity contribution in [2.24, 2.45) is 0 Å². The molecule has 6 heteroatoms. The molecule has 146 valence electrons. The summed E-state index contributed by atoms with van der Waals surface area (Å²) >= 11 is 0. The van der Waals surface area contributed by atoms with Crippen LogP contribution in [0.2, 0.25) is 0 Å². The van der Waals surface area contributed by atoms with Gasteiger partial charge >= 0.3 is 0 Å². The summed E-state index contributed by atoms with van der Waals surface area (Å²) in [5.74, 6) is 2.26. The zero-order chi connectivity index (χ0) is 19.3. The molecule has 3 aromatic rings. The normalized spacial score (nSPS) is 17.0. The van der Waals surface area contributed by atoms with E-state index in [4.69, 9.17) is 4.74 Å². The largest absolute Gasteiger partial charge is 0.494 e. The molecule has 2 aromatic heterocycles. The number of carbonyl (C=O) groups is 1. The molecule has 4 rings (SSSR count). The van der Waals surface area contributed by atoms with Gasteiger partial charge in [-0.15, -0.1) is 10.2 Å². The lowest BCUT2D eigenvalue weighted by atomic mass is 9.96. The van der Waals surface area contributed by atoms with Gasteiger partial charge in [0.2, 0.25) is 5.91 Å². The van der Waals surface area contributed by atoms with Crippen molar-refractivity contribution in [1.82, 2.24) is 19.5 Å². The van der Waals surface area contributed by atoms with Crippen molar-refractivity contribution in [3.8, 4) is 5.75 Å². The van der Waals surface area contributed by atoms with Crippen molar-refractivity contribution in [3.05, 3.63) is 60.0 Å². The van der Waals surface area contributed by atoms with Crippen LogP contribution in [0.5, 0.6) is 5.75 Å². The molecule has 1 unspecified atom stereocenters. The van der Waals surface area contributed by atoms with Crippen molar-refractivity contribution in [1.29, 1.82) is 0 Å². The number of fused-ring (bicyclic) bond motifs is 1. The maximum Gasteiger partial charge on any atom is 0.222 e. The van der Waals surface area contributed by atoms with Crippen LogP contribution in [0.25, 0.3) is 5.65 Å². The van der Waals surface area contributed by atoms with Crippen LogP contribution in [0.3, 0.4) is 0 Å². The van der Waals surface area contributed by atoms with Crippen LogP contribution in [-0.4, -0.2) is 45.1 Å². The Kier molecular flexibility index (Phi) is 5.55. The summed E-state index contributed by atoms with van der Waals surface area (Å²) < 4.78 is 7.72. The fraction of sp³-hybridized carbons (Fsp3) is 0.409. The third kappa shape index (κ3) is 3.86. The third-order valence-electron chi connectivity index (χ3n) is 5.36. The van der Waals surface area contributed by atoms with Crippen LogP contribution in [0, 0.1) is 0 Å². The van der Waals surface area contributed by atoms with E-state index in [9.17, 15) is 4.79 Å². The Bertz CT molecular complexity index is 952. The highest BCUT2D eigenvalue weighted by molar-refractivity contribution is 5.76. The third-order valence-corrected chi connectivity index (χ3v) is 5.36. The maximum atomic E-state index is 12.9. The van der Waals surface area contributed by atoms with E-state index >= 15 is 0 Å². The van der Waals surface area contributed by atoms with E-state index in [0.717, 1.165) is 42.2 Å². The first-order valence-corrected chi connectivity index (χ1v) is 10.0. The minimum Gasteiger partial charge on any atom is -0.494 e. The molecule has 1 fully saturated rings.